The van der Waals surface area contributed by atoms with Gasteiger partial charge < -0.3 is 20.3 Å². The number of halogens is 3. The minimum atomic E-state index is -4.59. The van der Waals surface area contributed by atoms with E-state index in [9.17, 15) is 27.6 Å². The van der Waals surface area contributed by atoms with Gasteiger partial charge in [-0.3, -0.25) is 14.5 Å². The van der Waals surface area contributed by atoms with Crippen LogP contribution >= 0.6 is 0 Å². The summed E-state index contributed by atoms with van der Waals surface area (Å²) in [5.41, 5.74) is -1.51. The number of morpholine rings is 1. The molecule has 1 spiro atoms. The highest BCUT2D eigenvalue weighted by Crippen LogP contribution is 2.39. The van der Waals surface area contributed by atoms with Crippen molar-refractivity contribution in [3.05, 3.63) is 23.8 Å². The zero-order chi connectivity index (χ0) is 23.8. The van der Waals surface area contributed by atoms with E-state index >= 15 is 0 Å². The number of nitrogens with zero attached hydrogens (tertiary/aromatic N) is 2. The zero-order valence-electron chi connectivity index (χ0n) is 18.3. The molecule has 2 aliphatic heterocycles. The molecule has 33 heavy (non-hydrogen) atoms. The van der Waals surface area contributed by atoms with Gasteiger partial charge in [-0.1, -0.05) is 19.8 Å². The normalized spacial score (nSPS) is 26.0. The van der Waals surface area contributed by atoms with Crippen LogP contribution in [0.15, 0.2) is 18.2 Å². The molecule has 3 aliphatic rings. The zero-order valence-corrected chi connectivity index (χ0v) is 18.3. The van der Waals surface area contributed by atoms with Crippen molar-refractivity contribution in [3.8, 4) is 0 Å². The average Bonchev–Trinajstić information content (AvgIpc) is 3.00. The van der Waals surface area contributed by atoms with Gasteiger partial charge in [-0.05, 0) is 37.0 Å². The van der Waals surface area contributed by atoms with E-state index in [0.29, 0.717) is 38.4 Å². The number of carbonyl (C=O) groups is 3. The summed E-state index contributed by atoms with van der Waals surface area (Å²) in [5.74, 6) is -1.26. The first-order chi connectivity index (χ1) is 15.6. The van der Waals surface area contributed by atoms with Crippen molar-refractivity contribution in [2.24, 2.45) is 5.92 Å². The lowest BCUT2D eigenvalue weighted by Gasteiger charge is -2.36. The number of hydrogen-bond acceptors (Lipinski definition) is 5. The number of ether oxygens (including phenoxy) is 1. The van der Waals surface area contributed by atoms with Gasteiger partial charge in [0.15, 0.2) is 0 Å². The second-order valence-corrected chi connectivity index (χ2v) is 8.82. The molecule has 2 atom stereocenters. The minimum absolute atomic E-state index is 0.0236. The van der Waals surface area contributed by atoms with Gasteiger partial charge >= 0.3 is 12.2 Å². The first kappa shape index (κ1) is 23.3. The lowest BCUT2D eigenvalue weighted by atomic mass is 9.73. The van der Waals surface area contributed by atoms with Crippen molar-refractivity contribution >= 4 is 29.2 Å². The highest BCUT2D eigenvalue weighted by atomic mass is 19.4. The number of rotatable bonds is 4. The molecule has 1 aromatic carbocycles. The third-order valence-corrected chi connectivity index (χ3v) is 6.75. The molecule has 11 heteroatoms. The lowest BCUT2D eigenvalue weighted by molar-refractivity contribution is -0.137. The van der Waals surface area contributed by atoms with Crippen molar-refractivity contribution < 1.29 is 32.3 Å². The van der Waals surface area contributed by atoms with Gasteiger partial charge in [0.25, 0.3) is 5.91 Å². The third-order valence-electron chi connectivity index (χ3n) is 6.75. The minimum Gasteiger partial charge on any atom is -0.378 e. The van der Waals surface area contributed by atoms with Crippen LogP contribution in [0.2, 0.25) is 0 Å². The number of alkyl halides is 3. The Bertz CT molecular complexity index is 948. The molecular formula is C22H27F3N4O4. The van der Waals surface area contributed by atoms with Gasteiger partial charge in [0.05, 0.1) is 30.2 Å². The fourth-order valence-electron chi connectivity index (χ4n) is 4.86. The summed E-state index contributed by atoms with van der Waals surface area (Å²) in [4.78, 5) is 41.1. The van der Waals surface area contributed by atoms with Crippen LogP contribution in [0, 0.1) is 5.92 Å². The molecule has 2 saturated heterocycles. The molecule has 2 N–H and O–H groups in total. The molecule has 0 radical (unpaired) electrons. The van der Waals surface area contributed by atoms with E-state index in [4.69, 9.17) is 4.74 Å². The molecule has 4 rings (SSSR count). The summed E-state index contributed by atoms with van der Waals surface area (Å²) in [6.07, 6.45) is -1.53. The molecule has 180 valence electrons. The number of carbonyl (C=O) groups excluding carboxylic acids is 3. The Balaban J connectivity index is 1.54. The van der Waals surface area contributed by atoms with Gasteiger partial charge in [0.1, 0.15) is 12.1 Å². The maximum Gasteiger partial charge on any atom is 0.416 e. The van der Waals surface area contributed by atoms with Gasteiger partial charge in [-0.25, -0.2) is 4.79 Å². The Morgan fingerprint density at radius 3 is 2.64 bits per heavy atom. The van der Waals surface area contributed by atoms with Crippen molar-refractivity contribution in [1.29, 1.82) is 0 Å². The van der Waals surface area contributed by atoms with E-state index in [2.05, 4.69) is 10.6 Å². The van der Waals surface area contributed by atoms with Gasteiger partial charge in [0.2, 0.25) is 5.91 Å². The van der Waals surface area contributed by atoms with Crippen LogP contribution in [-0.4, -0.2) is 61.1 Å². The van der Waals surface area contributed by atoms with Crippen molar-refractivity contribution in [2.45, 2.75) is 44.3 Å². The van der Waals surface area contributed by atoms with E-state index in [-0.39, 0.29) is 11.6 Å². The summed E-state index contributed by atoms with van der Waals surface area (Å²) in [6.45, 7) is 3.08. The van der Waals surface area contributed by atoms with E-state index < -0.39 is 41.7 Å². The van der Waals surface area contributed by atoms with Crippen molar-refractivity contribution in [3.63, 3.8) is 0 Å². The fraction of sp³-hybridized carbons (Fsp3) is 0.591. The van der Waals surface area contributed by atoms with Crippen LogP contribution in [0.4, 0.5) is 29.3 Å². The molecule has 0 bridgehead atoms. The number of urea groups is 1. The summed E-state index contributed by atoms with van der Waals surface area (Å²) < 4.78 is 45.2. The standard InChI is InChI=1S/C22H27F3N4O4/c1-14-4-2-3-7-21(14)19(31)29(20(32)27-21)13-18(30)26-16-12-15(22(23,24)25)5-6-17(16)28-8-10-33-11-9-28/h5-6,12,14H,2-4,7-11,13H2,1H3,(H,26,30)(H,27,32)/t14-,21-/m1/s1. The van der Waals surface area contributed by atoms with Crippen LogP contribution in [0.25, 0.3) is 0 Å². The third kappa shape index (κ3) is 4.50. The molecule has 3 fully saturated rings. The number of hydrogen-bond donors (Lipinski definition) is 2. The monoisotopic (exact) mass is 468 g/mol. The van der Waals surface area contributed by atoms with E-state index in [0.717, 1.165) is 36.3 Å². The Hall–Kier alpha value is -2.82. The predicted molar refractivity (Wildman–Crippen MR) is 114 cm³/mol. The van der Waals surface area contributed by atoms with Crippen LogP contribution in [0.3, 0.4) is 0 Å². The van der Waals surface area contributed by atoms with Gasteiger partial charge in [0, 0.05) is 13.1 Å². The Morgan fingerprint density at radius 2 is 1.97 bits per heavy atom. The smallest absolute Gasteiger partial charge is 0.378 e. The van der Waals surface area contributed by atoms with E-state index in [1.807, 2.05) is 11.8 Å². The molecule has 2 heterocycles. The Labute approximate surface area is 189 Å². The highest BCUT2D eigenvalue weighted by Gasteiger charge is 2.55. The quantitative estimate of drug-likeness (QED) is 0.663. The molecule has 1 aromatic rings. The largest absolute Gasteiger partial charge is 0.416 e. The van der Waals surface area contributed by atoms with Crippen LogP contribution < -0.4 is 15.5 Å². The number of amides is 4. The predicted octanol–water partition coefficient (Wildman–Crippen LogP) is 2.98. The first-order valence-corrected chi connectivity index (χ1v) is 11.1. The van der Waals surface area contributed by atoms with E-state index in [1.54, 1.807) is 0 Å². The SMILES string of the molecule is C[C@@H]1CCCC[C@@]12NC(=O)N(CC(=O)Nc1cc(C(F)(F)F)ccc1N1CCOCC1)C2=O. The summed E-state index contributed by atoms with van der Waals surface area (Å²) >= 11 is 0. The lowest BCUT2D eigenvalue weighted by Crippen LogP contribution is -2.54. The second kappa shape index (κ2) is 8.85. The van der Waals surface area contributed by atoms with Crippen LogP contribution in [-0.2, 0) is 20.5 Å². The molecule has 0 unspecified atom stereocenters. The maximum atomic E-state index is 13.3. The maximum absolute atomic E-state index is 13.3. The summed E-state index contributed by atoms with van der Waals surface area (Å²) in [6, 6.07) is 2.50. The van der Waals surface area contributed by atoms with Gasteiger partial charge in [-0.2, -0.15) is 13.2 Å². The molecule has 4 amide bonds. The summed E-state index contributed by atoms with van der Waals surface area (Å²) in [7, 11) is 0. The highest BCUT2D eigenvalue weighted by molar-refractivity contribution is 6.10. The fourth-order valence-corrected chi connectivity index (χ4v) is 4.86. The molecular weight excluding hydrogens is 441 g/mol. The molecule has 8 nitrogen and oxygen atoms in total. The molecule has 0 aromatic heterocycles. The topological polar surface area (TPSA) is 91.0 Å². The van der Waals surface area contributed by atoms with Gasteiger partial charge in [-0.15, -0.1) is 0 Å². The number of benzene rings is 1. The van der Waals surface area contributed by atoms with Crippen LogP contribution in [0.5, 0.6) is 0 Å². The molecule has 1 aliphatic carbocycles. The number of nitrogens with one attached hydrogen (secondary N) is 2. The van der Waals surface area contributed by atoms with E-state index in [1.165, 1.54) is 6.07 Å². The first-order valence-electron chi connectivity index (χ1n) is 11.1. The van der Waals surface area contributed by atoms with Crippen molar-refractivity contribution in [1.82, 2.24) is 10.2 Å². The second-order valence-electron chi connectivity index (χ2n) is 8.82. The Kier molecular flexibility index (Phi) is 6.26. The average molecular weight is 468 g/mol. The Morgan fingerprint density at radius 1 is 1.24 bits per heavy atom. The molecule has 1 saturated carbocycles. The number of anilines is 2. The van der Waals surface area contributed by atoms with Crippen LogP contribution in [0.1, 0.15) is 38.2 Å². The van der Waals surface area contributed by atoms with Crippen molar-refractivity contribution in [2.75, 3.05) is 43.1 Å². The summed E-state index contributed by atoms with van der Waals surface area (Å²) in [5, 5.41) is 5.26. The number of imide groups is 1.